The molecule has 0 unspecified atom stereocenters. The molecule has 1 aliphatic rings. The molecule has 9 heteroatoms. The van der Waals surface area contributed by atoms with Crippen molar-refractivity contribution in [2.75, 3.05) is 37.3 Å². The highest BCUT2D eigenvalue weighted by molar-refractivity contribution is 7.90. The minimum Gasteiger partial charge on any atom is -0.352 e. The molecular formula is C19H20N4O3S2. The lowest BCUT2D eigenvalue weighted by atomic mass is 10.2. The average Bonchev–Trinajstić information content (AvgIpc) is 3.12. The van der Waals surface area contributed by atoms with Crippen molar-refractivity contribution in [2.24, 2.45) is 0 Å². The van der Waals surface area contributed by atoms with Crippen LogP contribution in [-0.2, 0) is 9.84 Å². The Morgan fingerprint density at radius 2 is 1.82 bits per heavy atom. The Labute approximate surface area is 167 Å². The Kier molecular flexibility index (Phi) is 4.80. The minimum atomic E-state index is -3.32. The van der Waals surface area contributed by atoms with E-state index in [0.29, 0.717) is 42.9 Å². The summed E-state index contributed by atoms with van der Waals surface area (Å²) in [6, 6.07) is 8.73. The van der Waals surface area contributed by atoms with Gasteiger partial charge in [-0.25, -0.2) is 18.4 Å². The SMILES string of the molecule is Cc1ccc(C(=O)N2CCN(c3ncnc4ccc(S(C)(=O)=O)cc34)CC2)s1. The molecule has 3 aromatic rings. The van der Waals surface area contributed by atoms with Crippen molar-refractivity contribution in [3.63, 3.8) is 0 Å². The lowest BCUT2D eigenvalue weighted by Crippen LogP contribution is -2.49. The van der Waals surface area contributed by atoms with Gasteiger partial charge >= 0.3 is 0 Å². The second-order valence-corrected chi connectivity index (χ2v) is 10.1. The third-order valence-corrected chi connectivity index (χ3v) is 6.93. The number of hydrogen-bond acceptors (Lipinski definition) is 7. The lowest BCUT2D eigenvalue weighted by molar-refractivity contribution is 0.0751. The van der Waals surface area contributed by atoms with Crippen LogP contribution in [0.25, 0.3) is 10.9 Å². The largest absolute Gasteiger partial charge is 0.352 e. The van der Waals surface area contributed by atoms with Crippen LogP contribution >= 0.6 is 11.3 Å². The molecule has 0 N–H and O–H groups in total. The molecule has 3 heterocycles. The summed E-state index contributed by atoms with van der Waals surface area (Å²) < 4.78 is 23.8. The molecule has 0 spiro atoms. The summed E-state index contributed by atoms with van der Waals surface area (Å²) in [5.74, 6) is 0.763. The maximum atomic E-state index is 12.6. The maximum absolute atomic E-state index is 12.6. The number of piperazine rings is 1. The zero-order valence-corrected chi connectivity index (χ0v) is 17.3. The molecule has 0 aliphatic carbocycles. The van der Waals surface area contributed by atoms with Gasteiger partial charge in [0.25, 0.3) is 5.91 Å². The number of carbonyl (C=O) groups excluding carboxylic acids is 1. The minimum absolute atomic E-state index is 0.0599. The zero-order chi connectivity index (χ0) is 19.9. The normalized spacial score (nSPS) is 15.2. The van der Waals surface area contributed by atoms with Gasteiger partial charge in [0, 0.05) is 42.7 Å². The van der Waals surface area contributed by atoms with Crippen LogP contribution in [0, 0.1) is 6.92 Å². The van der Waals surface area contributed by atoms with Gasteiger partial charge in [-0.05, 0) is 37.3 Å². The Hall–Kier alpha value is -2.52. The first-order valence-corrected chi connectivity index (χ1v) is 11.6. The first-order valence-electron chi connectivity index (χ1n) is 8.88. The Morgan fingerprint density at radius 1 is 1.07 bits per heavy atom. The number of aryl methyl sites for hydroxylation is 1. The fraction of sp³-hybridized carbons (Fsp3) is 0.316. The van der Waals surface area contributed by atoms with E-state index in [1.165, 1.54) is 23.9 Å². The quantitative estimate of drug-likeness (QED) is 0.652. The highest BCUT2D eigenvalue weighted by Gasteiger charge is 2.25. The van der Waals surface area contributed by atoms with E-state index in [2.05, 4.69) is 14.9 Å². The summed E-state index contributed by atoms with van der Waals surface area (Å²) in [4.78, 5) is 27.4. The summed E-state index contributed by atoms with van der Waals surface area (Å²) in [7, 11) is -3.32. The van der Waals surface area contributed by atoms with Gasteiger partial charge in [-0.2, -0.15) is 0 Å². The summed E-state index contributed by atoms with van der Waals surface area (Å²) in [6.45, 7) is 4.43. The number of sulfone groups is 1. The van der Waals surface area contributed by atoms with Crippen molar-refractivity contribution in [1.29, 1.82) is 0 Å². The van der Waals surface area contributed by atoms with E-state index in [9.17, 15) is 13.2 Å². The zero-order valence-electron chi connectivity index (χ0n) is 15.6. The van der Waals surface area contributed by atoms with E-state index in [0.717, 1.165) is 9.75 Å². The molecule has 2 aromatic heterocycles. The van der Waals surface area contributed by atoms with E-state index in [-0.39, 0.29) is 10.8 Å². The molecule has 1 aromatic carbocycles. The van der Waals surface area contributed by atoms with Crippen LogP contribution in [0.3, 0.4) is 0 Å². The number of anilines is 1. The summed E-state index contributed by atoms with van der Waals surface area (Å²) >= 11 is 1.51. The molecule has 146 valence electrons. The van der Waals surface area contributed by atoms with Gasteiger partial charge in [-0.3, -0.25) is 4.79 Å². The first kappa shape index (κ1) is 18.8. The predicted molar refractivity (Wildman–Crippen MR) is 110 cm³/mol. The molecule has 28 heavy (non-hydrogen) atoms. The number of hydrogen-bond donors (Lipinski definition) is 0. The van der Waals surface area contributed by atoms with Crippen molar-refractivity contribution < 1.29 is 13.2 Å². The molecule has 0 saturated carbocycles. The highest BCUT2D eigenvalue weighted by atomic mass is 32.2. The molecule has 7 nitrogen and oxygen atoms in total. The van der Waals surface area contributed by atoms with Gasteiger partial charge in [0.15, 0.2) is 9.84 Å². The number of carbonyl (C=O) groups is 1. The topological polar surface area (TPSA) is 83.5 Å². The van der Waals surface area contributed by atoms with Crippen molar-refractivity contribution in [1.82, 2.24) is 14.9 Å². The van der Waals surface area contributed by atoms with Gasteiger partial charge in [-0.1, -0.05) is 0 Å². The van der Waals surface area contributed by atoms with Crippen LogP contribution in [0.5, 0.6) is 0 Å². The van der Waals surface area contributed by atoms with Crippen molar-refractivity contribution in [3.8, 4) is 0 Å². The number of rotatable bonds is 3. The van der Waals surface area contributed by atoms with E-state index >= 15 is 0 Å². The summed E-state index contributed by atoms with van der Waals surface area (Å²) in [5.41, 5.74) is 0.699. The van der Waals surface area contributed by atoms with Crippen molar-refractivity contribution in [2.45, 2.75) is 11.8 Å². The summed E-state index contributed by atoms with van der Waals surface area (Å²) in [6.07, 6.45) is 2.68. The van der Waals surface area contributed by atoms with Gasteiger partial charge in [0.2, 0.25) is 0 Å². The summed E-state index contributed by atoms with van der Waals surface area (Å²) in [5, 5.41) is 0.707. The highest BCUT2D eigenvalue weighted by Crippen LogP contribution is 2.27. The Morgan fingerprint density at radius 3 is 2.46 bits per heavy atom. The molecule has 0 atom stereocenters. The third-order valence-electron chi connectivity index (χ3n) is 4.83. The molecule has 4 rings (SSSR count). The molecule has 1 amide bonds. The van der Waals surface area contributed by atoms with E-state index in [1.807, 2.05) is 24.0 Å². The van der Waals surface area contributed by atoms with Crippen LogP contribution in [0.4, 0.5) is 5.82 Å². The van der Waals surface area contributed by atoms with E-state index in [4.69, 9.17) is 0 Å². The smallest absolute Gasteiger partial charge is 0.264 e. The fourth-order valence-electron chi connectivity index (χ4n) is 3.33. The lowest BCUT2D eigenvalue weighted by Gasteiger charge is -2.35. The average molecular weight is 417 g/mol. The standard InChI is InChI=1S/C19H20N4O3S2/c1-13-3-6-17(27-13)19(24)23-9-7-22(8-10-23)18-15-11-14(28(2,25)26)4-5-16(15)20-12-21-18/h3-6,11-12H,7-10H2,1-2H3. The predicted octanol–water partition coefficient (Wildman–Crippen LogP) is 2.37. The van der Waals surface area contributed by atoms with Crippen molar-refractivity contribution in [3.05, 3.63) is 46.4 Å². The van der Waals surface area contributed by atoms with Crippen LogP contribution in [0.1, 0.15) is 14.5 Å². The second kappa shape index (κ2) is 7.14. The number of amides is 1. The van der Waals surface area contributed by atoms with Gasteiger partial charge in [-0.15, -0.1) is 11.3 Å². The van der Waals surface area contributed by atoms with Crippen LogP contribution in [0.15, 0.2) is 41.6 Å². The molecule has 1 fully saturated rings. The third kappa shape index (κ3) is 3.59. The van der Waals surface area contributed by atoms with Gasteiger partial charge < -0.3 is 9.80 Å². The van der Waals surface area contributed by atoms with Crippen LogP contribution in [-0.4, -0.2) is 61.6 Å². The van der Waals surface area contributed by atoms with Gasteiger partial charge in [0.05, 0.1) is 15.3 Å². The fourth-order valence-corrected chi connectivity index (χ4v) is 4.81. The molecular weight excluding hydrogens is 396 g/mol. The van der Waals surface area contributed by atoms with Crippen LogP contribution in [0.2, 0.25) is 0 Å². The van der Waals surface area contributed by atoms with Crippen LogP contribution < -0.4 is 4.90 Å². The molecule has 1 saturated heterocycles. The van der Waals surface area contributed by atoms with E-state index in [1.54, 1.807) is 18.2 Å². The van der Waals surface area contributed by atoms with Gasteiger partial charge in [0.1, 0.15) is 12.1 Å². The molecule has 0 bridgehead atoms. The first-order chi connectivity index (χ1) is 13.3. The second-order valence-electron chi connectivity index (χ2n) is 6.84. The Bertz CT molecular complexity index is 1150. The number of fused-ring (bicyclic) bond motifs is 1. The number of benzene rings is 1. The molecule has 0 radical (unpaired) electrons. The molecule has 1 aliphatic heterocycles. The monoisotopic (exact) mass is 416 g/mol. The Balaban J connectivity index is 1.57. The van der Waals surface area contributed by atoms with Crippen molar-refractivity contribution >= 4 is 43.8 Å². The maximum Gasteiger partial charge on any atom is 0.264 e. The number of aromatic nitrogens is 2. The number of thiophene rings is 1. The van der Waals surface area contributed by atoms with E-state index < -0.39 is 9.84 Å². The number of nitrogens with zero attached hydrogens (tertiary/aromatic N) is 4.